The highest BCUT2D eigenvalue weighted by Crippen LogP contribution is 2.57. The van der Waals surface area contributed by atoms with E-state index in [1.165, 1.54) is 109 Å². The molecule has 7 aromatic carbocycles. The third kappa shape index (κ3) is 5.38. The fourth-order valence-electron chi connectivity index (χ4n) is 10.1. The number of aryl methyl sites for hydroxylation is 3. The van der Waals surface area contributed by atoms with E-state index in [0.29, 0.717) is 0 Å². The van der Waals surface area contributed by atoms with Crippen molar-refractivity contribution in [2.24, 2.45) is 0 Å². The van der Waals surface area contributed by atoms with E-state index in [9.17, 15) is 0 Å². The number of thiophene rings is 1. The molecule has 10 aromatic rings. The number of benzene rings is 7. The molecule has 0 aliphatic heterocycles. The molecule has 0 N–H and O–H groups in total. The molecule has 1 aliphatic carbocycles. The summed E-state index contributed by atoms with van der Waals surface area (Å²) in [4.78, 5) is 4.92. The van der Waals surface area contributed by atoms with Gasteiger partial charge in [0, 0.05) is 71.7 Å². The molecule has 0 unspecified atom stereocenters. The van der Waals surface area contributed by atoms with Gasteiger partial charge < -0.3 is 14.2 Å². The summed E-state index contributed by atoms with van der Waals surface area (Å²) in [5.41, 5.74) is 18.9. The topological polar surface area (TPSA) is 10.9 Å². The Balaban J connectivity index is 1.11. The minimum absolute atomic E-state index is 0.253. The van der Waals surface area contributed by atoms with E-state index in [1.807, 2.05) is 11.3 Å². The van der Waals surface area contributed by atoms with Gasteiger partial charge in [-0.25, -0.2) is 0 Å². The maximum atomic E-state index is 2.66. The summed E-state index contributed by atoms with van der Waals surface area (Å²) in [6.07, 6.45) is 0. The van der Waals surface area contributed by atoms with Crippen LogP contribution in [0, 0.1) is 20.8 Å². The lowest BCUT2D eigenvalue weighted by Gasteiger charge is -2.32. The van der Waals surface area contributed by atoms with Crippen LogP contribution in [-0.4, -0.2) is 12.5 Å². The second kappa shape index (κ2) is 13.2. The highest BCUT2D eigenvalue weighted by atomic mass is 32.1. The molecule has 0 bridgehead atoms. The van der Waals surface area contributed by atoms with E-state index in [4.69, 9.17) is 0 Å². The van der Waals surface area contributed by atoms with E-state index < -0.39 is 8.07 Å². The summed E-state index contributed by atoms with van der Waals surface area (Å²) in [7, 11) is -1.69. The largest absolute Gasteiger partial charge is 0.311 e. The van der Waals surface area contributed by atoms with Crippen molar-refractivity contribution in [3.8, 4) is 11.1 Å². The lowest BCUT2D eigenvalue weighted by atomic mass is 9.85. The van der Waals surface area contributed by atoms with Gasteiger partial charge in [-0.3, -0.25) is 0 Å². The third-order valence-electron chi connectivity index (χ3n) is 13.1. The monoisotopic (exact) mass is 811 g/mol. The van der Waals surface area contributed by atoms with Crippen LogP contribution in [0.5, 0.6) is 0 Å². The fourth-order valence-corrected chi connectivity index (χ4v) is 12.9. The van der Waals surface area contributed by atoms with E-state index >= 15 is 0 Å². The van der Waals surface area contributed by atoms with Crippen molar-refractivity contribution in [3.05, 3.63) is 180 Å². The Labute approximate surface area is 358 Å². The van der Waals surface area contributed by atoms with Crippen LogP contribution in [0.4, 0.5) is 34.1 Å². The molecular weight excluding hydrogens is 763 g/mol. The average Bonchev–Trinajstić information content (AvgIpc) is 3.94. The maximum absolute atomic E-state index is 2.66. The molecule has 0 amide bonds. The zero-order valence-corrected chi connectivity index (χ0v) is 37.5. The molecule has 3 heterocycles. The van der Waals surface area contributed by atoms with Gasteiger partial charge in [0.25, 0.3) is 0 Å². The first kappa shape index (κ1) is 36.9. The zero-order chi connectivity index (χ0) is 41.2. The Bertz CT molecular complexity index is 3310. The Morgan fingerprint density at radius 1 is 0.533 bits per heavy atom. The molecule has 0 fully saturated rings. The summed E-state index contributed by atoms with van der Waals surface area (Å²) in [6, 6.07) is 57.1. The SMILES string of the molecule is Cc1ccc(N(c2ccc3c(c2)sc2c4cccc5c6c(n(c54)c32)C(C)(C)c2cc(N(c3ccc(C)cc3)c3ccccc3[Si](C)(C)C)ccc2-6)c2ccccc2C)cc1. The first-order valence-corrected chi connectivity index (χ1v) is 25.5. The van der Waals surface area contributed by atoms with Gasteiger partial charge >= 0.3 is 0 Å². The number of nitrogens with zero attached hydrogens (tertiary/aromatic N) is 3. The molecule has 0 saturated carbocycles. The van der Waals surface area contributed by atoms with Crippen LogP contribution in [0.3, 0.4) is 0 Å². The van der Waals surface area contributed by atoms with Gasteiger partial charge in [-0.2, -0.15) is 0 Å². The molecule has 294 valence electrons. The van der Waals surface area contributed by atoms with Gasteiger partial charge in [-0.15, -0.1) is 11.3 Å². The lowest BCUT2D eigenvalue weighted by Crippen LogP contribution is -2.40. The predicted octanol–water partition coefficient (Wildman–Crippen LogP) is 15.6. The summed E-state index contributed by atoms with van der Waals surface area (Å²) in [5.74, 6) is 0. The normalized spacial score (nSPS) is 13.5. The molecule has 0 atom stereocenters. The van der Waals surface area contributed by atoms with Crippen LogP contribution in [0.1, 0.15) is 41.8 Å². The second-order valence-electron chi connectivity index (χ2n) is 18.5. The van der Waals surface area contributed by atoms with Crippen molar-refractivity contribution in [2.75, 3.05) is 9.80 Å². The van der Waals surface area contributed by atoms with Crippen molar-refractivity contribution in [3.63, 3.8) is 0 Å². The van der Waals surface area contributed by atoms with Gasteiger partial charge in [0.05, 0.1) is 23.8 Å². The minimum atomic E-state index is -1.69. The molecule has 5 heteroatoms. The molecular formula is C55H49N3SSi. The lowest BCUT2D eigenvalue weighted by molar-refractivity contribution is 0.634. The minimum Gasteiger partial charge on any atom is -0.311 e. The number of hydrogen-bond acceptors (Lipinski definition) is 3. The van der Waals surface area contributed by atoms with Gasteiger partial charge in [0.1, 0.15) is 0 Å². The molecule has 0 radical (unpaired) electrons. The number of aromatic nitrogens is 1. The first-order chi connectivity index (χ1) is 28.9. The quantitative estimate of drug-likeness (QED) is 0.149. The Kier molecular flexibility index (Phi) is 8.10. The van der Waals surface area contributed by atoms with Gasteiger partial charge in [0.15, 0.2) is 0 Å². The van der Waals surface area contributed by atoms with Gasteiger partial charge in [-0.1, -0.05) is 130 Å². The molecule has 11 rings (SSSR count). The zero-order valence-electron chi connectivity index (χ0n) is 35.7. The van der Waals surface area contributed by atoms with E-state index in [-0.39, 0.29) is 5.41 Å². The Morgan fingerprint density at radius 2 is 1.12 bits per heavy atom. The Morgan fingerprint density at radius 3 is 1.80 bits per heavy atom. The van der Waals surface area contributed by atoms with E-state index in [2.05, 4.69) is 220 Å². The molecule has 3 nitrogen and oxygen atoms in total. The molecule has 1 aliphatic rings. The van der Waals surface area contributed by atoms with E-state index in [1.54, 1.807) is 0 Å². The summed E-state index contributed by atoms with van der Waals surface area (Å²) in [5, 5.41) is 5.46. The number of hydrogen-bond donors (Lipinski definition) is 0. The van der Waals surface area contributed by atoms with Crippen LogP contribution in [0.2, 0.25) is 19.6 Å². The number of para-hydroxylation sites is 3. The summed E-state index contributed by atoms with van der Waals surface area (Å²) < 4.78 is 5.33. The van der Waals surface area contributed by atoms with Crippen LogP contribution >= 0.6 is 11.3 Å². The van der Waals surface area contributed by atoms with Crippen molar-refractivity contribution < 1.29 is 0 Å². The molecule has 60 heavy (non-hydrogen) atoms. The number of rotatable bonds is 7. The van der Waals surface area contributed by atoms with Crippen LogP contribution in [0.15, 0.2) is 152 Å². The van der Waals surface area contributed by atoms with Crippen LogP contribution < -0.4 is 15.0 Å². The first-order valence-electron chi connectivity index (χ1n) is 21.2. The molecule has 3 aromatic heterocycles. The third-order valence-corrected chi connectivity index (χ3v) is 16.3. The fraction of sp³-hybridized carbons (Fsp3) is 0.164. The van der Waals surface area contributed by atoms with Gasteiger partial charge in [-0.05, 0) is 109 Å². The van der Waals surface area contributed by atoms with Gasteiger partial charge in [0.2, 0.25) is 0 Å². The van der Waals surface area contributed by atoms with Crippen molar-refractivity contribution in [1.29, 1.82) is 0 Å². The Hall–Kier alpha value is -6.14. The standard InChI is InChI=1S/C55H49N3SSi/c1-34-20-24-37(25-21-34)56(46-17-10-9-14-36(46)3)40-29-31-42-48(33-40)59-53-44-16-13-15-43-50-41-30-28-39(32-45(41)55(4,5)54(50)58(51(43)44)52(42)53)57(38-26-22-35(2)23-27-38)47-18-11-12-19-49(47)60(6,7)8/h9-33H,1-8H3. The highest BCUT2D eigenvalue weighted by molar-refractivity contribution is 7.26. The highest BCUT2D eigenvalue weighted by Gasteiger charge is 2.42. The maximum Gasteiger partial charge on any atom is 0.0803 e. The summed E-state index contributed by atoms with van der Waals surface area (Å²) >= 11 is 1.93. The van der Waals surface area contributed by atoms with Crippen LogP contribution in [0.25, 0.3) is 47.7 Å². The molecule has 0 saturated heterocycles. The average molecular weight is 812 g/mol. The van der Waals surface area contributed by atoms with Crippen molar-refractivity contribution in [2.45, 2.75) is 59.7 Å². The number of anilines is 6. The summed E-state index contributed by atoms with van der Waals surface area (Å²) in [6.45, 7) is 18.8. The second-order valence-corrected chi connectivity index (χ2v) is 24.6. The molecule has 0 spiro atoms. The predicted molar refractivity (Wildman–Crippen MR) is 263 cm³/mol. The van der Waals surface area contributed by atoms with Crippen LogP contribution in [-0.2, 0) is 5.41 Å². The van der Waals surface area contributed by atoms with Crippen molar-refractivity contribution >= 4 is 95.3 Å². The van der Waals surface area contributed by atoms with Crippen molar-refractivity contribution in [1.82, 2.24) is 4.40 Å². The number of fused-ring (bicyclic) bond motifs is 10. The smallest absolute Gasteiger partial charge is 0.0803 e. The van der Waals surface area contributed by atoms with E-state index in [0.717, 1.165) is 5.69 Å².